The lowest BCUT2D eigenvalue weighted by molar-refractivity contribution is -0.151. The Bertz CT molecular complexity index is 398. The van der Waals surface area contributed by atoms with Crippen LogP contribution in [0.4, 0.5) is 0 Å². The standard InChI is InChI=1S/C9H15NO5S/c10-9(7(11)8(12)13)3-5-1-2-6(4-9)16(5,14)15/h5-7,11H,1-4,10H2,(H,12,13). The van der Waals surface area contributed by atoms with Crippen molar-refractivity contribution < 1.29 is 23.4 Å². The van der Waals surface area contributed by atoms with Crippen LogP contribution in [0.3, 0.4) is 0 Å². The molecule has 0 aliphatic carbocycles. The molecule has 0 saturated carbocycles. The monoisotopic (exact) mass is 249 g/mol. The van der Waals surface area contributed by atoms with Crippen molar-refractivity contribution in [1.29, 1.82) is 0 Å². The highest BCUT2D eigenvalue weighted by Gasteiger charge is 2.55. The molecule has 2 saturated heterocycles. The van der Waals surface area contributed by atoms with E-state index in [9.17, 15) is 18.3 Å². The van der Waals surface area contributed by atoms with Crippen LogP contribution in [0, 0.1) is 0 Å². The maximum absolute atomic E-state index is 11.8. The van der Waals surface area contributed by atoms with E-state index in [-0.39, 0.29) is 12.8 Å². The van der Waals surface area contributed by atoms with E-state index in [1.807, 2.05) is 0 Å². The van der Waals surface area contributed by atoms with E-state index < -0.39 is 37.9 Å². The normalized spacial score (nSPS) is 42.9. The molecule has 0 aromatic carbocycles. The largest absolute Gasteiger partial charge is 0.479 e. The van der Waals surface area contributed by atoms with Crippen LogP contribution in [0.15, 0.2) is 0 Å². The van der Waals surface area contributed by atoms with Crippen LogP contribution < -0.4 is 5.73 Å². The molecule has 2 rings (SSSR count). The Morgan fingerprint density at radius 1 is 1.31 bits per heavy atom. The summed E-state index contributed by atoms with van der Waals surface area (Å²) in [6, 6.07) is 0. The molecule has 2 fully saturated rings. The van der Waals surface area contributed by atoms with Gasteiger partial charge in [0.05, 0.1) is 16.0 Å². The minimum atomic E-state index is -3.14. The van der Waals surface area contributed by atoms with Crippen LogP contribution in [0.2, 0.25) is 0 Å². The molecular weight excluding hydrogens is 234 g/mol. The summed E-state index contributed by atoms with van der Waals surface area (Å²) in [5.74, 6) is -1.39. The number of rotatable bonds is 2. The predicted octanol–water partition coefficient (Wildman–Crippen LogP) is -1.13. The zero-order chi connectivity index (χ0) is 12.1. The van der Waals surface area contributed by atoms with E-state index in [0.717, 1.165) is 0 Å². The van der Waals surface area contributed by atoms with Crippen molar-refractivity contribution in [2.75, 3.05) is 0 Å². The Hall–Kier alpha value is -0.660. The number of aliphatic hydroxyl groups is 1. The Labute approximate surface area is 93.4 Å². The lowest BCUT2D eigenvalue weighted by Crippen LogP contribution is -2.60. The van der Waals surface area contributed by atoms with E-state index in [0.29, 0.717) is 12.8 Å². The predicted molar refractivity (Wildman–Crippen MR) is 55.5 cm³/mol. The molecule has 2 heterocycles. The Morgan fingerprint density at radius 3 is 2.12 bits per heavy atom. The van der Waals surface area contributed by atoms with Gasteiger partial charge in [0.1, 0.15) is 0 Å². The average Bonchev–Trinajstić information content (AvgIpc) is 2.40. The molecule has 16 heavy (non-hydrogen) atoms. The molecule has 2 bridgehead atoms. The van der Waals surface area contributed by atoms with Crippen molar-refractivity contribution in [2.24, 2.45) is 5.73 Å². The van der Waals surface area contributed by atoms with Crippen molar-refractivity contribution >= 4 is 15.8 Å². The summed E-state index contributed by atoms with van der Waals surface area (Å²) < 4.78 is 23.5. The fourth-order valence-electron chi connectivity index (χ4n) is 2.81. The number of aliphatic hydroxyl groups excluding tert-OH is 1. The molecule has 3 atom stereocenters. The van der Waals surface area contributed by atoms with Gasteiger partial charge in [0.15, 0.2) is 15.9 Å². The molecule has 6 nitrogen and oxygen atoms in total. The summed E-state index contributed by atoms with van der Waals surface area (Å²) in [6.45, 7) is 0. The van der Waals surface area contributed by atoms with Gasteiger partial charge < -0.3 is 15.9 Å². The molecular formula is C9H15NO5S. The van der Waals surface area contributed by atoms with Gasteiger partial charge in [-0.15, -0.1) is 0 Å². The summed E-state index contributed by atoms with van der Waals surface area (Å²) >= 11 is 0. The second kappa shape index (κ2) is 3.41. The maximum Gasteiger partial charge on any atom is 0.334 e. The van der Waals surface area contributed by atoms with Gasteiger partial charge in [-0.1, -0.05) is 0 Å². The molecule has 3 unspecified atom stereocenters. The third kappa shape index (κ3) is 1.54. The first-order valence-electron chi connectivity index (χ1n) is 5.20. The number of fused-ring (bicyclic) bond motifs is 2. The number of sulfone groups is 1. The number of carboxylic acids is 1. The first kappa shape index (κ1) is 11.8. The molecule has 0 radical (unpaired) electrons. The number of carbonyl (C=O) groups is 1. The van der Waals surface area contributed by atoms with Crippen LogP contribution >= 0.6 is 0 Å². The van der Waals surface area contributed by atoms with Crippen molar-refractivity contribution in [3.05, 3.63) is 0 Å². The highest BCUT2D eigenvalue weighted by Crippen LogP contribution is 2.43. The van der Waals surface area contributed by atoms with Crippen LogP contribution in [0.1, 0.15) is 25.7 Å². The Balaban J connectivity index is 2.28. The number of nitrogens with two attached hydrogens (primary N) is 1. The van der Waals surface area contributed by atoms with E-state index in [1.165, 1.54) is 0 Å². The summed E-state index contributed by atoms with van der Waals surface area (Å²) in [6.07, 6.45) is -0.555. The molecule has 7 heteroatoms. The first-order chi connectivity index (χ1) is 7.27. The van der Waals surface area contributed by atoms with Crippen molar-refractivity contribution in [2.45, 2.75) is 47.8 Å². The molecule has 0 spiro atoms. The highest BCUT2D eigenvalue weighted by molar-refractivity contribution is 7.93. The third-order valence-corrected chi connectivity index (χ3v) is 6.40. The number of hydrogen-bond donors (Lipinski definition) is 3. The summed E-state index contributed by atoms with van der Waals surface area (Å²) in [7, 11) is -3.14. The molecule has 2 aliphatic heterocycles. The van der Waals surface area contributed by atoms with Crippen molar-refractivity contribution in [3.8, 4) is 0 Å². The van der Waals surface area contributed by atoms with Crippen LogP contribution in [-0.2, 0) is 14.6 Å². The highest BCUT2D eigenvalue weighted by atomic mass is 32.2. The molecule has 0 amide bonds. The van der Waals surface area contributed by atoms with Gasteiger partial charge in [-0.05, 0) is 25.7 Å². The van der Waals surface area contributed by atoms with Gasteiger partial charge >= 0.3 is 5.97 Å². The van der Waals surface area contributed by atoms with Gasteiger partial charge in [0.2, 0.25) is 0 Å². The number of aliphatic carboxylic acids is 1. The minimum absolute atomic E-state index is 0.0410. The summed E-state index contributed by atoms with van der Waals surface area (Å²) in [4.78, 5) is 10.7. The second-order valence-electron chi connectivity index (χ2n) is 4.79. The van der Waals surface area contributed by atoms with Crippen molar-refractivity contribution in [1.82, 2.24) is 0 Å². The van der Waals surface area contributed by atoms with Gasteiger partial charge in [0.25, 0.3) is 0 Å². The topological polar surface area (TPSA) is 118 Å². The molecule has 0 aromatic rings. The van der Waals surface area contributed by atoms with Gasteiger partial charge in [-0.25, -0.2) is 13.2 Å². The SMILES string of the molecule is NC1(C(O)C(=O)O)CC2CCC(C1)S2(=O)=O. The van der Waals surface area contributed by atoms with Crippen LogP contribution in [-0.4, -0.2) is 46.7 Å². The lowest BCUT2D eigenvalue weighted by atomic mass is 9.85. The quantitative estimate of drug-likeness (QED) is 0.570. The minimum Gasteiger partial charge on any atom is -0.479 e. The van der Waals surface area contributed by atoms with E-state index >= 15 is 0 Å². The smallest absolute Gasteiger partial charge is 0.334 e. The lowest BCUT2D eigenvalue weighted by Gasteiger charge is -2.38. The van der Waals surface area contributed by atoms with E-state index in [4.69, 9.17) is 10.8 Å². The summed E-state index contributed by atoms with van der Waals surface area (Å²) in [5, 5.41) is 17.1. The fraction of sp³-hybridized carbons (Fsp3) is 0.889. The zero-order valence-electron chi connectivity index (χ0n) is 8.67. The summed E-state index contributed by atoms with van der Waals surface area (Å²) in [5.41, 5.74) is 4.55. The van der Waals surface area contributed by atoms with E-state index in [2.05, 4.69) is 0 Å². The van der Waals surface area contributed by atoms with Gasteiger partial charge in [0, 0.05) is 0 Å². The molecule has 92 valence electrons. The maximum atomic E-state index is 11.8. The Morgan fingerprint density at radius 2 is 1.75 bits per heavy atom. The zero-order valence-corrected chi connectivity index (χ0v) is 9.48. The van der Waals surface area contributed by atoms with Gasteiger partial charge in [-0.2, -0.15) is 0 Å². The van der Waals surface area contributed by atoms with Crippen molar-refractivity contribution in [3.63, 3.8) is 0 Å². The first-order valence-corrected chi connectivity index (χ1v) is 6.81. The second-order valence-corrected chi connectivity index (χ2v) is 7.30. The molecule has 2 aliphatic rings. The molecule has 4 N–H and O–H groups in total. The average molecular weight is 249 g/mol. The number of carboxylic acid groups (broad SMARTS) is 1. The third-order valence-electron chi connectivity index (χ3n) is 3.73. The van der Waals surface area contributed by atoms with E-state index in [1.54, 1.807) is 0 Å². The van der Waals surface area contributed by atoms with Crippen LogP contribution in [0.25, 0.3) is 0 Å². The van der Waals surface area contributed by atoms with Gasteiger partial charge in [-0.3, -0.25) is 0 Å². The fourth-order valence-corrected chi connectivity index (χ4v) is 5.37. The van der Waals surface area contributed by atoms with Crippen LogP contribution in [0.5, 0.6) is 0 Å². The molecule has 0 aromatic heterocycles. The number of hydrogen-bond acceptors (Lipinski definition) is 5. The Kier molecular flexibility index (Phi) is 2.52.